The van der Waals surface area contributed by atoms with Gasteiger partial charge in [0.25, 0.3) is 0 Å². The van der Waals surface area contributed by atoms with Crippen LogP contribution in [0.2, 0.25) is 0 Å². The van der Waals surface area contributed by atoms with Gasteiger partial charge in [0.2, 0.25) is 0 Å². The molecule has 0 amide bonds. The van der Waals surface area contributed by atoms with Crippen molar-refractivity contribution in [2.45, 2.75) is 13.5 Å². The molecule has 0 radical (unpaired) electrons. The van der Waals surface area contributed by atoms with E-state index in [0.29, 0.717) is 0 Å². The molecule has 0 fully saturated rings. The second-order valence-electron chi connectivity index (χ2n) is 4.70. The maximum Gasteiger partial charge on any atom is 0.311 e. The summed E-state index contributed by atoms with van der Waals surface area (Å²) >= 11 is 0. The first-order valence-corrected chi connectivity index (χ1v) is 6.53. The van der Waals surface area contributed by atoms with Gasteiger partial charge in [-0.1, -0.05) is 0 Å². The Hall–Kier alpha value is -3.27. The Morgan fingerprint density at radius 1 is 1.35 bits per heavy atom. The Labute approximate surface area is 130 Å². The highest BCUT2D eigenvalue weighted by molar-refractivity contribution is 5.95. The summed E-state index contributed by atoms with van der Waals surface area (Å²) in [5, 5.41) is 19.9. The Kier molecular flexibility index (Phi) is 4.66. The summed E-state index contributed by atoms with van der Waals surface area (Å²) in [5.74, 6) is -0.971. The quantitative estimate of drug-likeness (QED) is 0.479. The van der Waals surface area contributed by atoms with Gasteiger partial charge in [-0.25, -0.2) is 4.39 Å². The predicted molar refractivity (Wildman–Crippen MR) is 78.5 cm³/mol. The number of nitro groups is 1. The molecule has 0 aromatic heterocycles. The number of benzene rings is 2. The van der Waals surface area contributed by atoms with E-state index >= 15 is 0 Å². The molecule has 7 heteroatoms. The van der Waals surface area contributed by atoms with Crippen LogP contribution in [0.25, 0.3) is 0 Å². The smallest absolute Gasteiger partial charge is 0.311 e. The minimum atomic E-state index is -0.677. The van der Waals surface area contributed by atoms with Crippen molar-refractivity contribution >= 4 is 11.5 Å². The fraction of sp³-hybridized carbons (Fsp3) is 0.125. The molecule has 0 heterocycles. The lowest BCUT2D eigenvalue weighted by molar-refractivity contribution is -0.386. The third-order valence-electron chi connectivity index (χ3n) is 3.12. The number of nitro benzene ring substituents is 1. The van der Waals surface area contributed by atoms with E-state index in [-0.39, 0.29) is 40.5 Å². The normalized spacial score (nSPS) is 9.96. The fourth-order valence-corrected chi connectivity index (χ4v) is 1.91. The number of carbonyl (C=O) groups excluding carboxylic acids is 1. The number of nitriles is 1. The van der Waals surface area contributed by atoms with Crippen LogP contribution in [-0.2, 0) is 6.61 Å². The lowest BCUT2D eigenvalue weighted by Crippen LogP contribution is -2.03. The SMILES string of the molecule is CC(=O)c1ccc(OCc2cc(C#N)ccc2F)c([N+](=O)[O-])c1. The first kappa shape index (κ1) is 16.1. The summed E-state index contributed by atoms with van der Waals surface area (Å²) in [4.78, 5) is 21.7. The maximum absolute atomic E-state index is 13.7. The average molecular weight is 314 g/mol. The number of hydrogen-bond acceptors (Lipinski definition) is 5. The van der Waals surface area contributed by atoms with Crippen molar-refractivity contribution in [1.82, 2.24) is 0 Å². The molecule has 0 atom stereocenters. The standard InChI is InChI=1S/C16H11FN2O4/c1-10(20)12-3-5-16(15(7-12)19(21)22)23-9-13-6-11(8-18)2-4-14(13)17/h2-7H,9H2,1H3. The van der Waals surface area contributed by atoms with E-state index in [9.17, 15) is 19.3 Å². The van der Waals surface area contributed by atoms with E-state index in [1.807, 2.05) is 6.07 Å². The third kappa shape index (κ3) is 3.68. The Bertz CT molecular complexity index is 827. The van der Waals surface area contributed by atoms with Crippen LogP contribution in [0.5, 0.6) is 5.75 Å². The van der Waals surface area contributed by atoms with E-state index in [0.717, 1.165) is 12.1 Å². The zero-order valence-corrected chi connectivity index (χ0v) is 12.1. The molecule has 0 bridgehead atoms. The number of Topliss-reactive ketones (excluding diaryl/α,β-unsaturated/α-hetero) is 1. The largest absolute Gasteiger partial charge is 0.482 e. The molecule has 2 rings (SSSR count). The zero-order chi connectivity index (χ0) is 17.0. The molecular weight excluding hydrogens is 303 g/mol. The van der Waals surface area contributed by atoms with Crippen molar-refractivity contribution in [2.24, 2.45) is 0 Å². The van der Waals surface area contributed by atoms with Gasteiger partial charge in [-0.15, -0.1) is 0 Å². The molecule has 2 aromatic rings. The van der Waals surface area contributed by atoms with E-state index in [4.69, 9.17) is 10.00 Å². The number of rotatable bonds is 5. The maximum atomic E-state index is 13.7. The minimum Gasteiger partial charge on any atom is -0.482 e. The molecule has 6 nitrogen and oxygen atoms in total. The van der Waals surface area contributed by atoms with Crippen molar-refractivity contribution in [3.8, 4) is 11.8 Å². The fourth-order valence-electron chi connectivity index (χ4n) is 1.91. The summed E-state index contributed by atoms with van der Waals surface area (Å²) in [6, 6.07) is 9.44. The van der Waals surface area contributed by atoms with Crippen LogP contribution >= 0.6 is 0 Å². The average Bonchev–Trinajstić information content (AvgIpc) is 2.53. The van der Waals surface area contributed by atoms with Gasteiger partial charge < -0.3 is 4.74 Å². The molecular formula is C16H11FN2O4. The third-order valence-corrected chi connectivity index (χ3v) is 3.12. The Balaban J connectivity index is 2.29. The zero-order valence-electron chi connectivity index (χ0n) is 12.1. The highest BCUT2D eigenvalue weighted by atomic mass is 19.1. The Morgan fingerprint density at radius 2 is 2.09 bits per heavy atom. The van der Waals surface area contributed by atoms with Crippen LogP contribution in [0.1, 0.15) is 28.4 Å². The van der Waals surface area contributed by atoms with Crippen molar-refractivity contribution in [1.29, 1.82) is 5.26 Å². The summed E-state index contributed by atoms with van der Waals surface area (Å²) in [7, 11) is 0. The molecule has 0 N–H and O–H groups in total. The van der Waals surface area contributed by atoms with E-state index in [2.05, 4.69) is 0 Å². The molecule has 0 saturated carbocycles. The second-order valence-corrected chi connectivity index (χ2v) is 4.70. The van der Waals surface area contributed by atoms with E-state index < -0.39 is 10.7 Å². The van der Waals surface area contributed by atoms with Crippen molar-refractivity contribution in [3.05, 3.63) is 69.0 Å². The highest BCUT2D eigenvalue weighted by Gasteiger charge is 2.18. The molecule has 116 valence electrons. The first-order chi connectivity index (χ1) is 10.9. The molecule has 2 aromatic carbocycles. The number of halogens is 1. The monoisotopic (exact) mass is 314 g/mol. The number of nitrogens with zero attached hydrogens (tertiary/aromatic N) is 2. The molecule has 0 spiro atoms. The van der Waals surface area contributed by atoms with Gasteiger partial charge in [-0.3, -0.25) is 14.9 Å². The summed E-state index contributed by atoms with van der Waals surface area (Å²) in [6.45, 7) is 1.02. The van der Waals surface area contributed by atoms with Crippen molar-refractivity contribution < 1.29 is 18.8 Å². The summed E-state index contributed by atoms with van der Waals surface area (Å²) < 4.78 is 19.0. The van der Waals surface area contributed by atoms with Crippen molar-refractivity contribution in [3.63, 3.8) is 0 Å². The van der Waals surface area contributed by atoms with Gasteiger partial charge in [0, 0.05) is 17.2 Å². The van der Waals surface area contributed by atoms with Crippen LogP contribution < -0.4 is 4.74 Å². The van der Waals surface area contributed by atoms with Crippen LogP contribution in [0.15, 0.2) is 36.4 Å². The topological polar surface area (TPSA) is 93.2 Å². The van der Waals surface area contributed by atoms with E-state index in [1.165, 1.54) is 31.2 Å². The van der Waals surface area contributed by atoms with Gasteiger partial charge in [-0.2, -0.15) is 5.26 Å². The molecule has 0 aliphatic carbocycles. The summed E-state index contributed by atoms with van der Waals surface area (Å²) in [6.07, 6.45) is 0. The van der Waals surface area contributed by atoms with Gasteiger partial charge in [0.05, 0.1) is 16.6 Å². The summed E-state index contributed by atoms with van der Waals surface area (Å²) in [5.41, 5.74) is 0.164. The number of carbonyl (C=O) groups is 1. The highest BCUT2D eigenvalue weighted by Crippen LogP contribution is 2.29. The number of ketones is 1. The molecule has 0 unspecified atom stereocenters. The van der Waals surface area contributed by atoms with Gasteiger partial charge in [0.15, 0.2) is 11.5 Å². The van der Waals surface area contributed by atoms with Crippen LogP contribution in [0.3, 0.4) is 0 Å². The lowest BCUT2D eigenvalue weighted by Gasteiger charge is -2.08. The molecule has 0 aliphatic heterocycles. The minimum absolute atomic E-state index is 0.0817. The van der Waals surface area contributed by atoms with Gasteiger partial charge >= 0.3 is 5.69 Å². The van der Waals surface area contributed by atoms with Gasteiger partial charge in [-0.05, 0) is 37.3 Å². The molecule has 0 saturated heterocycles. The first-order valence-electron chi connectivity index (χ1n) is 6.53. The molecule has 23 heavy (non-hydrogen) atoms. The van der Waals surface area contributed by atoms with E-state index in [1.54, 1.807) is 0 Å². The number of ether oxygens (including phenoxy) is 1. The number of hydrogen-bond donors (Lipinski definition) is 0. The van der Waals surface area contributed by atoms with Gasteiger partial charge in [0.1, 0.15) is 12.4 Å². The van der Waals surface area contributed by atoms with Crippen LogP contribution in [0.4, 0.5) is 10.1 Å². The van der Waals surface area contributed by atoms with Crippen LogP contribution in [-0.4, -0.2) is 10.7 Å². The predicted octanol–water partition coefficient (Wildman–Crippen LogP) is 3.39. The molecule has 0 aliphatic rings. The second kappa shape index (κ2) is 6.66. The van der Waals surface area contributed by atoms with Crippen molar-refractivity contribution in [2.75, 3.05) is 0 Å². The lowest BCUT2D eigenvalue weighted by atomic mass is 10.1. The Morgan fingerprint density at radius 3 is 2.70 bits per heavy atom. The van der Waals surface area contributed by atoms with Crippen LogP contribution in [0, 0.1) is 27.3 Å².